The second kappa shape index (κ2) is 6.91. The van der Waals surface area contributed by atoms with E-state index in [0.29, 0.717) is 18.0 Å². The quantitative estimate of drug-likeness (QED) is 0.863. The fraction of sp³-hybridized carbons (Fsp3) is 0.625. The zero-order valence-corrected chi connectivity index (χ0v) is 11.6. The van der Waals surface area contributed by atoms with Crippen LogP contribution < -0.4 is 5.32 Å². The molecule has 2 rings (SSSR count). The average Bonchev–Trinajstić information content (AvgIpc) is 2.40. The summed E-state index contributed by atoms with van der Waals surface area (Å²) in [7, 11) is 0. The number of nitrogens with one attached hydrogen (secondary N) is 1. The van der Waals surface area contributed by atoms with Gasteiger partial charge in [-0.2, -0.15) is 0 Å². The van der Waals surface area contributed by atoms with Crippen LogP contribution in [-0.2, 0) is 11.2 Å². The SMILES string of the molecule is CC(CCc1ccccc1)NC1CCOCC1C. The Bertz CT molecular complexity index is 338. The van der Waals surface area contributed by atoms with Crippen LogP contribution in [0.1, 0.15) is 32.3 Å². The lowest BCUT2D eigenvalue weighted by molar-refractivity contribution is 0.0361. The van der Waals surface area contributed by atoms with Crippen LogP contribution in [0.3, 0.4) is 0 Å². The van der Waals surface area contributed by atoms with E-state index in [1.807, 2.05) is 0 Å². The first-order valence-electron chi connectivity index (χ1n) is 7.13. The van der Waals surface area contributed by atoms with Crippen molar-refractivity contribution in [3.8, 4) is 0 Å². The van der Waals surface area contributed by atoms with Gasteiger partial charge in [-0.1, -0.05) is 37.3 Å². The molecular weight excluding hydrogens is 222 g/mol. The number of rotatable bonds is 5. The summed E-state index contributed by atoms with van der Waals surface area (Å²) in [5.41, 5.74) is 1.44. The second-order valence-corrected chi connectivity index (χ2v) is 5.54. The molecular formula is C16H25NO. The highest BCUT2D eigenvalue weighted by atomic mass is 16.5. The molecule has 0 aromatic heterocycles. The molecule has 1 heterocycles. The molecule has 100 valence electrons. The summed E-state index contributed by atoms with van der Waals surface area (Å²) < 4.78 is 5.48. The minimum atomic E-state index is 0.579. The van der Waals surface area contributed by atoms with Gasteiger partial charge in [-0.25, -0.2) is 0 Å². The van der Waals surface area contributed by atoms with Gasteiger partial charge in [0.25, 0.3) is 0 Å². The summed E-state index contributed by atoms with van der Waals surface area (Å²) >= 11 is 0. The van der Waals surface area contributed by atoms with Crippen molar-refractivity contribution in [2.45, 2.75) is 45.2 Å². The van der Waals surface area contributed by atoms with Crippen LogP contribution in [0.25, 0.3) is 0 Å². The summed E-state index contributed by atoms with van der Waals surface area (Å²) in [4.78, 5) is 0. The van der Waals surface area contributed by atoms with Gasteiger partial charge in [0.15, 0.2) is 0 Å². The Balaban J connectivity index is 1.73. The Hall–Kier alpha value is -0.860. The summed E-state index contributed by atoms with van der Waals surface area (Å²) in [5.74, 6) is 0.637. The van der Waals surface area contributed by atoms with Crippen LogP contribution in [0.15, 0.2) is 30.3 Å². The third-order valence-electron chi connectivity index (χ3n) is 3.85. The van der Waals surface area contributed by atoms with E-state index in [1.165, 1.54) is 12.0 Å². The van der Waals surface area contributed by atoms with Crippen LogP contribution in [0.4, 0.5) is 0 Å². The van der Waals surface area contributed by atoms with Gasteiger partial charge in [-0.05, 0) is 37.7 Å². The normalized spacial score (nSPS) is 25.9. The largest absolute Gasteiger partial charge is 0.381 e. The molecule has 0 aliphatic carbocycles. The molecule has 0 amide bonds. The maximum absolute atomic E-state index is 5.48. The topological polar surface area (TPSA) is 21.3 Å². The zero-order chi connectivity index (χ0) is 12.8. The van der Waals surface area contributed by atoms with Gasteiger partial charge in [0.05, 0.1) is 6.61 Å². The Morgan fingerprint density at radius 2 is 2.11 bits per heavy atom. The molecule has 1 saturated heterocycles. The Kier molecular flexibility index (Phi) is 5.21. The fourth-order valence-corrected chi connectivity index (χ4v) is 2.60. The molecule has 1 aromatic rings. The van der Waals surface area contributed by atoms with Gasteiger partial charge in [-0.3, -0.25) is 0 Å². The average molecular weight is 247 g/mol. The first-order chi connectivity index (χ1) is 8.75. The van der Waals surface area contributed by atoms with Crippen molar-refractivity contribution in [2.75, 3.05) is 13.2 Å². The van der Waals surface area contributed by atoms with E-state index >= 15 is 0 Å². The van der Waals surface area contributed by atoms with E-state index in [-0.39, 0.29) is 0 Å². The molecule has 1 aliphatic heterocycles. The molecule has 0 saturated carbocycles. The predicted molar refractivity (Wildman–Crippen MR) is 75.7 cm³/mol. The summed E-state index contributed by atoms with van der Waals surface area (Å²) in [6.45, 7) is 6.39. The van der Waals surface area contributed by atoms with Crippen LogP contribution in [0, 0.1) is 5.92 Å². The molecule has 1 fully saturated rings. The van der Waals surface area contributed by atoms with Crippen LogP contribution in [0.5, 0.6) is 0 Å². The van der Waals surface area contributed by atoms with Crippen molar-refractivity contribution in [2.24, 2.45) is 5.92 Å². The Labute approximate surface area is 111 Å². The minimum Gasteiger partial charge on any atom is -0.381 e. The lowest BCUT2D eigenvalue weighted by Crippen LogP contribution is -2.45. The number of hydrogen-bond donors (Lipinski definition) is 1. The van der Waals surface area contributed by atoms with Gasteiger partial charge in [0, 0.05) is 18.7 Å². The molecule has 1 aliphatic rings. The predicted octanol–water partition coefficient (Wildman–Crippen LogP) is 3.02. The third-order valence-corrected chi connectivity index (χ3v) is 3.85. The van der Waals surface area contributed by atoms with E-state index in [2.05, 4.69) is 49.5 Å². The number of aryl methyl sites for hydroxylation is 1. The third kappa shape index (κ3) is 4.11. The van der Waals surface area contributed by atoms with E-state index in [0.717, 1.165) is 26.1 Å². The molecule has 0 bridgehead atoms. The Morgan fingerprint density at radius 1 is 1.33 bits per heavy atom. The van der Waals surface area contributed by atoms with Gasteiger partial charge < -0.3 is 10.1 Å². The van der Waals surface area contributed by atoms with Crippen LogP contribution in [-0.4, -0.2) is 25.3 Å². The van der Waals surface area contributed by atoms with Crippen molar-refractivity contribution in [1.82, 2.24) is 5.32 Å². The number of benzene rings is 1. The molecule has 1 N–H and O–H groups in total. The van der Waals surface area contributed by atoms with E-state index in [1.54, 1.807) is 0 Å². The molecule has 1 aromatic carbocycles. The minimum absolute atomic E-state index is 0.579. The van der Waals surface area contributed by atoms with E-state index < -0.39 is 0 Å². The lowest BCUT2D eigenvalue weighted by Gasteiger charge is -2.32. The van der Waals surface area contributed by atoms with Crippen molar-refractivity contribution in [3.05, 3.63) is 35.9 Å². The summed E-state index contributed by atoms with van der Waals surface area (Å²) in [5, 5.41) is 3.76. The monoisotopic (exact) mass is 247 g/mol. The maximum Gasteiger partial charge on any atom is 0.0506 e. The number of hydrogen-bond acceptors (Lipinski definition) is 2. The van der Waals surface area contributed by atoms with Gasteiger partial charge in [-0.15, -0.1) is 0 Å². The molecule has 18 heavy (non-hydrogen) atoms. The first-order valence-corrected chi connectivity index (χ1v) is 7.13. The van der Waals surface area contributed by atoms with Crippen molar-refractivity contribution < 1.29 is 4.74 Å². The number of ether oxygens (including phenoxy) is 1. The van der Waals surface area contributed by atoms with Crippen molar-refractivity contribution in [1.29, 1.82) is 0 Å². The fourth-order valence-electron chi connectivity index (χ4n) is 2.60. The highest BCUT2D eigenvalue weighted by molar-refractivity contribution is 5.14. The summed E-state index contributed by atoms with van der Waals surface area (Å²) in [6.07, 6.45) is 3.51. The molecule has 2 heteroatoms. The van der Waals surface area contributed by atoms with Crippen LogP contribution in [0.2, 0.25) is 0 Å². The van der Waals surface area contributed by atoms with Gasteiger partial charge in [0.2, 0.25) is 0 Å². The summed E-state index contributed by atoms with van der Waals surface area (Å²) in [6, 6.07) is 11.9. The Morgan fingerprint density at radius 3 is 2.83 bits per heavy atom. The highest BCUT2D eigenvalue weighted by Crippen LogP contribution is 2.15. The van der Waals surface area contributed by atoms with E-state index in [4.69, 9.17) is 4.74 Å². The molecule has 3 atom stereocenters. The molecule has 3 unspecified atom stereocenters. The van der Waals surface area contributed by atoms with Gasteiger partial charge in [0.1, 0.15) is 0 Å². The van der Waals surface area contributed by atoms with Crippen molar-refractivity contribution in [3.63, 3.8) is 0 Å². The molecule has 2 nitrogen and oxygen atoms in total. The second-order valence-electron chi connectivity index (χ2n) is 5.54. The highest BCUT2D eigenvalue weighted by Gasteiger charge is 2.22. The standard InChI is InChI=1S/C16H25NO/c1-13-12-18-11-10-16(13)17-14(2)8-9-15-6-4-3-5-7-15/h3-7,13-14,16-17H,8-12H2,1-2H3. The zero-order valence-electron chi connectivity index (χ0n) is 11.6. The molecule has 0 spiro atoms. The lowest BCUT2D eigenvalue weighted by atomic mass is 9.96. The van der Waals surface area contributed by atoms with E-state index in [9.17, 15) is 0 Å². The maximum atomic E-state index is 5.48. The smallest absolute Gasteiger partial charge is 0.0506 e. The van der Waals surface area contributed by atoms with Gasteiger partial charge >= 0.3 is 0 Å². The molecule has 0 radical (unpaired) electrons. The van der Waals surface area contributed by atoms with Crippen LogP contribution >= 0.6 is 0 Å². The van der Waals surface area contributed by atoms with Crippen molar-refractivity contribution >= 4 is 0 Å². The first kappa shape index (κ1) is 13.6.